The molecule has 0 bridgehead atoms. The Hall–Kier alpha value is -3.13. The molecule has 0 saturated carbocycles. The molecule has 0 aromatic heterocycles. The molecule has 0 fully saturated rings. The number of methoxy groups -OCH3 is 1. The van der Waals surface area contributed by atoms with Crippen LogP contribution in [0.3, 0.4) is 0 Å². The molecule has 1 N–H and O–H groups in total. The average molecular weight is 350 g/mol. The standard InChI is InChI=1S/C21H22N2O3/c1-21(16-10-5-3-6-11-16,17-12-7-4-8-13-17)20(25)23-18(14-9-15-22)19(24)26-2/h3-8,10-13,18H,9,14H2,1-2H3,(H,23,25)/t18-/m1/s1. The van der Waals surface area contributed by atoms with Crippen LogP contribution in [0.25, 0.3) is 0 Å². The number of carbonyl (C=O) groups is 2. The van der Waals surface area contributed by atoms with Gasteiger partial charge in [0, 0.05) is 6.42 Å². The smallest absolute Gasteiger partial charge is 0.328 e. The predicted molar refractivity (Wildman–Crippen MR) is 98.1 cm³/mol. The number of nitrogens with one attached hydrogen (secondary N) is 1. The third kappa shape index (κ3) is 4.09. The number of ether oxygens (including phenoxy) is 1. The van der Waals surface area contributed by atoms with E-state index < -0.39 is 17.4 Å². The van der Waals surface area contributed by atoms with Gasteiger partial charge in [0.2, 0.25) is 5.91 Å². The van der Waals surface area contributed by atoms with Crippen molar-refractivity contribution >= 4 is 11.9 Å². The van der Waals surface area contributed by atoms with Crippen molar-refractivity contribution in [3.63, 3.8) is 0 Å². The van der Waals surface area contributed by atoms with Gasteiger partial charge in [0.05, 0.1) is 18.6 Å². The topological polar surface area (TPSA) is 79.2 Å². The summed E-state index contributed by atoms with van der Waals surface area (Å²) in [5, 5.41) is 11.6. The van der Waals surface area contributed by atoms with Gasteiger partial charge in [-0.05, 0) is 24.5 Å². The Balaban J connectivity index is 2.41. The van der Waals surface area contributed by atoms with Crippen LogP contribution in [0, 0.1) is 11.3 Å². The second kappa shape index (κ2) is 8.82. The Kier molecular flexibility index (Phi) is 6.51. The molecule has 2 rings (SSSR count). The van der Waals surface area contributed by atoms with Gasteiger partial charge in [0.15, 0.2) is 0 Å². The van der Waals surface area contributed by atoms with Crippen molar-refractivity contribution in [1.29, 1.82) is 5.26 Å². The molecule has 1 amide bonds. The van der Waals surface area contributed by atoms with Crippen LogP contribution in [0.2, 0.25) is 0 Å². The van der Waals surface area contributed by atoms with Crippen molar-refractivity contribution in [2.45, 2.75) is 31.2 Å². The lowest BCUT2D eigenvalue weighted by atomic mass is 9.75. The zero-order valence-electron chi connectivity index (χ0n) is 14.9. The largest absolute Gasteiger partial charge is 0.467 e. The van der Waals surface area contributed by atoms with Crippen molar-refractivity contribution in [1.82, 2.24) is 5.32 Å². The molecule has 2 aromatic carbocycles. The fraction of sp³-hybridized carbons (Fsp3) is 0.286. The lowest BCUT2D eigenvalue weighted by molar-refractivity contribution is -0.145. The molecule has 0 aliphatic rings. The Morgan fingerprint density at radius 3 is 2.00 bits per heavy atom. The number of benzene rings is 2. The highest BCUT2D eigenvalue weighted by molar-refractivity contribution is 5.94. The third-order valence-corrected chi connectivity index (χ3v) is 4.49. The summed E-state index contributed by atoms with van der Waals surface area (Å²) in [7, 11) is 1.27. The maximum atomic E-state index is 13.3. The molecule has 0 unspecified atom stereocenters. The number of rotatable bonds is 7. The van der Waals surface area contributed by atoms with Gasteiger partial charge in [-0.3, -0.25) is 4.79 Å². The van der Waals surface area contributed by atoms with E-state index in [1.807, 2.05) is 73.7 Å². The first-order chi connectivity index (χ1) is 12.5. The monoisotopic (exact) mass is 350 g/mol. The van der Waals surface area contributed by atoms with Gasteiger partial charge < -0.3 is 10.1 Å². The highest BCUT2D eigenvalue weighted by Crippen LogP contribution is 2.32. The molecule has 0 aliphatic heterocycles. The molecule has 134 valence electrons. The van der Waals surface area contributed by atoms with Gasteiger partial charge in [-0.2, -0.15) is 5.26 Å². The van der Waals surface area contributed by atoms with E-state index in [4.69, 9.17) is 10.00 Å². The summed E-state index contributed by atoms with van der Waals surface area (Å²) in [6.07, 6.45) is 0.349. The summed E-state index contributed by atoms with van der Waals surface area (Å²) >= 11 is 0. The molecule has 0 radical (unpaired) electrons. The van der Waals surface area contributed by atoms with Crippen LogP contribution < -0.4 is 5.32 Å². The first-order valence-electron chi connectivity index (χ1n) is 8.40. The first-order valence-corrected chi connectivity index (χ1v) is 8.40. The van der Waals surface area contributed by atoms with Gasteiger partial charge in [-0.25, -0.2) is 4.79 Å². The highest BCUT2D eigenvalue weighted by Gasteiger charge is 2.39. The third-order valence-electron chi connectivity index (χ3n) is 4.49. The van der Waals surface area contributed by atoms with Crippen LogP contribution in [0.4, 0.5) is 0 Å². The number of hydrogen-bond acceptors (Lipinski definition) is 4. The van der Waals surface area contributed by atoms with Crippen LogP contribution in [0.5, 0.6) is 0 Å². The fourth-order valence-corrected chi connectivity index (χ4v) is 2.87. The molecule has 0 aliphatic carbocycles. The zero-order chi connectivity index (χ0) is 19.0. The SMILES string of the molecule is COC(=O)[C@@H](CCC#N)NC(=O)C(C)(c1ccccc1)c1ccccc1. The summed E-state index contributed by atoms with van der Waals surface area (Å²) in [4.78, 5) is 25.3. The molecular weight excluding hydrogens is 328 g/mol. The summed E-state index contributed by atoms with van der Waals surface area (Å²) in [6, 6.07) is 19.9. The maximum absolute atomic E-state index is 13.3. The van der Waals surface area contributed by atoms with E-state index in [1.54, 1.807) is 0 Å². The van der Waals surface area contributed by atoms with Crippen LogP contribution in [-0.2, 0) is 19.7 Å². The minimum Gasteiger partial charge on any atom is -0.467 e. The van der Waals surface area contributed by atoms with Gasteiger partial charge in [0.25, 0.3) is 0 Å². The van der Waals surface area contributed by atoms with Crippen molar-refractivity contribution in [3.05, 3.63) is 71.8 Å². The van der Waals surface area contributed by atoms with Crippen molar-refractivity contribution < 1.29 is 14.3 Å². The van der Waals surface area contributed by atoms with Crippen molar-refractivity contribution in [3.8, 4) is 6.07 Å². The summed E-state index contributed by atoms with van der Waals surface area (Å²) < 4.78 is 4.77. The molecule has 0 heterocycles. The molecular formula is C21H22N2O3. The quantitative estimate of drug-likeness (QED) is 0.779. The molecule has 0 spiro atoms. The lowest BCUT2D eigenvalue weighted by Crippen LogP contribution is -2.50. The number of carbonyl (C=O) groups excluding carboxylic acids is 2. The second-order valence-electron chi connectivity index (χ2n) is 6.10. The zero-order valence-corrected chi connectivity index (χ0v) is 14.9. The number of esters is 1. The molecule has 2 aromatic rings. The van der Waals surface area contributed by atoms with E-state index in [2.05, 4.69) is 5.32 Å². The van der Waals surface area contributed by atoms with Gasteiger partial charge >= 0.3 is 5.97 Å². The van der Waals surface area contributed by atoms with E-state index in [0.29, 0.717) is 0 Å². The van der Waals surface area contributed by atoms with Crippen molar-refractivity contribution in [2.75, 3.05) is 7.11 Å². The van der Waals surface area contributed by atoms with Crippen LogP contribution >= 0.6 is 0 Å². The van der Waals surface area contributed by atoms with E-state index in [1.165, 1.54) is 7.11 Å². The lowest BCUT2D eigenvalue weighted by Gasteiger charge is -2.31. The van der Waals surface area contributed by atoms with E-state index >= 15 is 0 Å². The van der Waals surface area contributed by atoms with E-state index in [9.17, 15) is 9.59 Å². The molecule has 26 heavy (non-hydrogen) atoms. The predicted octanol–water partition coefficient (Wildman–Crippen LogP) is 2.95. The van der Waals surface area contributed by atoms with Gasteiger partial charge in [0.1, 0.15) is 6.04 Å². The van der Waals surface area contributed by atoms with Gasteiger partial charge in [-0.1, -0.05) is 60.7 Å². The minimum absolute atomic E-state index is 0.146. The van der Waals surface area contributed by atoms with Crippen LogP contribution in [0.15, 0.2) is 60.7 Å². The summed E-state index contributed by atoms with van der Waals surface area (Å²) in [5.74, 6) is -0.875. The fourth-order valence-electron chi connectivity index (χ4n) is 2.87. The maximum Gasteiger partial charge on any atom is 0.328 e. The Labute approximate surface area is 153 Å². The Bertz CT molecular complexity index is 742. The Morgan fingerprint density at radius 2 is 1.58 bits per heavy atom. The number of nitriles is 1. The normalized spacial score (nSPS) is 11.9. The van der Waals surface area contributed by atoms with E-state index in [-0.39, 0.29) is 18.7 Å². The van der Waals surface area contributed by atoms with Crippen molar-refractivity contribution in [2.24, 2.45) is 0 Å². The van der Waals surface area contributed by atoms with E-state index in [0.717, 1.165) is 11.1 Å². The minimum atomic E-state index is -0.985. The van der Waals surface area contributed by atoms with Gasteiger partial charge in [-0.15, -0.1) is 0 Å². The number of hydrogen-bond donors (Lipinski definition) is 1. The number of nitrogens with zero attached hydrogens (tertiary/aromatic N) is 1. The highest BCUT2D eigenvalue weighted by atomic mass is 16.5. The number of amides is 1. The summed E-state index contributed by atoms with van der Waals surface area (Å²) in [5.41, 5.74) is 0.640. The summed E-state index contributed by atoms with van der Waals surface area (Å²) in [6.45, 7) is 1.83. The average Bonchev–Trinajstić information content (AvgIpc) is 2.70. The van der Waals surface area contributed by atoms with Crippen LogP contribution in [0.1, 0.15) is 30.9 Å². The van der Waals surface area contributed by atoms with Crippen LogP contribution in [-0.4, -0.2) is 25.0 Å². The Morgan fingerprint density at radius 1 is 1.08 bits per heavy atom. The molecule has 5 heteroatoms. The molecule has 0 saturated heterocycles. The molecule has 1 atom stereocenters. The second-order valence-corrected chi connectivity index (χ2v) is 6.10. The molecule has 5 nitrogen and oxygen atoms in total. The first kappa shape index (κ1) is 19.2.